The van der Waals surface area contributed by atoms with Crippen LogP contribution in [0.5, 0.6) is 0 Å². The van der Waals surface area contributed by atoms with Crippen LogP contribution in [0.1, 0.15) is 38.5 Å². The van der Waals surface area contributed by atoms with Crippen LogP contribution in [-0.4, -0.2) is 47.1 Å². The fourth-order valence-electron chi connectivity index (χ4n) is 1.96. The third kappa shape index (κ3) is 6.55. The molecule has 2 amide bonds. The Morgan fingerprint density at radius 2 is 1.05 bits per heavy atom. The number of carboxylic acids is 2. The molecule has 0 aromatic carbocycles. The van der Waals surface area contributed by atoms with E-state index in [4.69, 9.17) is 10.2 Å². The monoisotopic (exact) mass is 314 g/mol. The Balaban J connectivity index is 0.000000220. The minimum Gasteiger partial charge on any atom is -0.480 e. The van der Waals surface area contributed by atoms with Crippen LogP contribution >= 0.6 is 0 Å². The summed E-state index contributed by atoms with van der Waals surface area (Å²) in [6.07, 6.45) is 5.81. The molecule has 8 heteroatoms. The maximum atomic E-state index is 11.0. The number of amides is 2. The van der Waals surface area contributed by atoms with Gasteiger partial charge in [0.1, 0.15) is 13.1 Å². The minimum absolute atomic E-state index is 0.0781. The molecule has 2 aliphatic rings. The van der Waals surface area contributed by atoms with Gasteiger partial charge in [0.15, 0.2) is 0 Å². The smallest absolute Gasteiger partial charge is 0.322 e. The fraction of sp³-hybridized carbons (Fsp3) is 0.714. The van der Waals surface area contributed by atoms with Gasteiger partial charge in [-0.1, -0.05) is 12.8 Å². The van der Waals surface area contributed by atoms with E-state index >= 15 is 0 Å². The summed E-state index contributed by atoms with van der Waals surface area (Å²) in [5, 5.41) is 21.1. The number of carbonyl (C=O) groups excluding carboxylic acids is 2. The summed E-state index contributed by atoms with van der Waals surface area (Å²) in [6, 6.07) is 0. The Morgan fingerprint density at radius 3 is 1.23 bits per heavy atom. The van der Waals surface area contributed by atoms with Crippen molar-refractivity contribution in [1.29, 1.82) is 0 Å². The molecule has 0 atom stereocenters. The Hall–Kier alpha value is -2.12. The average Bonchev–Trinajstić information content (AvgIpc) is 2.30. The summed E-state index contributed by atoms with van der Waals surface area (Å²) < 4.78 is 0. The van der Waals surface area contributed by atoms with Crippen LogP contribution in [-0.2, 0) is 19.2 Å². The van der Waals surface area contributed by atoms with Gasteiger partial charge in [-0.25, -0.2) is 0 Å². The second-order valence-electron chi connectivity index (χ2n) is 5.48. The second-order valence-corrected chi connectivity index (χ2v) is 5.48. The zero-order valence-corrected chi connectivity index (χ0v) is 12.3. The maximum Gasteiger partial charge on any atom is 0.322 e. The van der Waals surface area contributed by atoms with Crippen molar-refractivity contribution in [2.45, 2.75) is 38.5 Å². The molecule has 2 saturated carbocycles. The van der Waals surface area contributed by atoms with Crippen molar-refractivity contribution in [2.75, 3.05) is 13.1 Å². The first kappa shape index (κ1) is 17.9. The molecule has 2 fully saturated rings. The summed E-state index contributed by atoms with van der Waals surface area (Å²) >= 11 is 0. The lowest BCUT2D eigenvalue weighted by Crippen LogP contribution is -2.37. The third-order valence-electron chi connectivity index (χ3n) is 3.78. The molecule has 2 aliphatic carbocycles. The van der Waals surface area contributed by atoms with Crippen LogP contribution < -0.4 is 10.6 Å². The van der Waals surface area contributed by atoms with E-state index in [2.05, 4.69) is 10.6 Å². The van der Waals surface area contributed by atoms with E-state index in [0.29, 0.717) is 0 Å². The molecule has 0 spiro atoms. The molecule has 0 unspecified atom stereocenters. The van der Waals surface area contributed by atoms with Gasteiger partial charge in [0, 0.05) is 11.8 Å². The summed E-state index contributed by atoms with van der Waals surface area (Å²) in [7, 11) is 0. The number of hydrogen-bond acceptors (Lipinski definition) is 4. The highest BCUT2D eigenvalue weighted by Crippen LogP contribution is 2.26. The van der Waals surface area contributed by atoms with Gasteiger partial charge in [-0.15, -0.1) is 0 Å². The molecule has 0 bridgehead atoms. The highest BCUT2D eigenvalue weighted by atomic mass is 16.4. The van der Waals surface area contributed by atoms with Crippen molar-refractivity contribution in [1.82, 2.24) is 10.6 Å². The second kappa shape index (κ2) is 9.01. The fourth-order valence-corrected chi connectivity index (χ4v) is 1.96. The molecule has 0 radical (unpaired) electrons. The van der Waals surface area contributed by atoms with Crippen LogP contribution in [0.15, 0.2) is 0 Å². The minimum atomic E-state index is -0.988. The molecule has 0 aromatic heterocycles. The van der Waals surface area contributed by atoms with Crippen LogP contribution in [0, 0.1) is 11.8 Å². The van der Waals surface area contributed by atoms with Gasteiger partial charge < -0.3 is 20.8 Å². The van der Waals surface area contributed by atoms with Gasteiger partial charge in [-0.3, -0.25) is 19.2 Å². The van der Waals surface area contributed by atoms with Gasteiger partial charge in [-0.2, -0.15) is 0 Å². The zero-order valence-electron chi connectivity index (χ0n) is 12.3. The van der Waals surface area contributed by atoms with Crippen molar-refractivity contribution in [3.8, 4) is 0 Å². The van der Waals surface area contributed by atoms with E-state index in [1.54, 1.807) is 0 Å². The SMILES string of the molecule is O=C(O)CNC(=O)C1CCC1.O=C(O)CNC(=O)C1CCC1. The van der Waals surface area contributed by atoms with Crippen LogP contribution in [0.25, 0.3) is 0 Å². The van der Waals surface area contributed by atoms with Crippen molar-refractivity contribution in [2.24, 2.45) is 11.8 Å². The van der Waals surface area contributed by atoms with Gasteiger partial charge in [0.2, 0.25) is 11.8 Å². The summed E-state index contributed by atoms with van der Waals surface area (Å²) in [4.78, 5) is 41.9. The molecule has 0 saturated heterocycles. The predicted octanol–water partition coefficient (Wildman–Crippen LogP) is -0.0254. The molecule has 124 valence electrons. The van der Waals surface area contributed by atoms with E-state index in [0.717, 1.165) is 38.5 Å². The third-order valence-corrected chi connectivity index (χ3v) is 3.78. The lowest BCUT2D eigenvalue weighted by Gasteiger charge is -2.23. The Morgan fingerprint density at radius 1 is 0.727 bits per heavy atom. The van der Waals surface area contributed by atoms with E-state index in [1.807, 2.05) is 0 Å². The summed E-state index contributed by atoms with van der Waals surface area (Å²) in [5.74, 6) is -2.05. The lowest BCUT2D eigenvalue weighted by atomic mass is 9.85. The van der Waals surface area contributed by atoms with Crippen molar-refractivity contribution in [3.63, 3.8) is 0 Å². The first-order chi connectivity index (χ1) is 10.4. The lowest BCUT2D eigenvalue weighted by molar-refractivity contribution is -0.139. The number of hydrogen-bond donors (Lipinski definition) is 4. The van der Waals surface area contributed by atoms with E-state index in [1.165, 1.54) is 0 Å². The number of rotatable bonds is 6. The first-order valence-corrected chi connectivity index (χ1v) is 7.39. The quantitative estimate of drug-likeness (QED) is 0.544. The Kier molecular flexibility index (Phi) is 7.34. The number of carboxylic acid groups (broad SMARTS) is 2. The van der Waals surface area contributed by atoms with Crippen molar-refractivity contribution in [3.05, 3.63) is 0 Å². The molecule has 8 nitrogen and oxygen atoms in total. The molecular formula is C14H22N2O6. The number of nitrogens with one attached hydrogen (secondary N) is 2. The van der Waals surface area contributed by atoms with Crippen molar-refractivity contribution >= 4 is 23.8 Å². The van der Waals surface area contributed by atoms with Gasteiger partial charge in [-0.05, 0) is 25.7 Å². The zero-order chi connectivity index (χ0) is 16.5. The molecule has 22 heavy (non-hydrogen) atoms. The van der Waals surface area contributed by atoms with E-state index in [-0.39, 0.29) is 36.7 Å². The predicted molar refractivity (Wildman–Crippen MR) is 76.0 cm³/mol. The first-order valence-electron chi connectivity index (χ1n) is 7.39. The summed E-state index contributed by atoms with van der Waals surface area (Å²) in [5.41, 5.74) is 0. The topological polar surface area (TPSA) is 133 Å². The molecule has 2 rings (SSSR count). The van der Waals surface area contributed by atoms with Crippen molar-refractivity contribution < 1.29 is 29.4 Å². The average molecular weight is 314 g/mol. The van der Waals surface area contributed by atoms with Crippen LogP contribution in [0.4, 0.5) is 0 Å². The number of aliphatic carboxylic acids is 2. The molecular weight excluding hydrogens is 292 g/mol. The summed E-state index contributed by atoms with van der Waals surface area (Å²) in [6.45, 7) is -0.509. The van der Waals surface area contributed by atoms with E-state index < -0.39 is 11.9 Å². The number of carbonyl (C=O) groups is 4. The Labute approximate surface area is 128 Å². The maximum absolute atomic E-state index is 11.0. The molecule has 0 heterocycles. The normalized spacial score (nSPS) is 17.1. The standard InChI is InChI=1S/2C7H11NO3/c2*9-6(10)4-8-7(11)5-2-1-3-5/h2*5H,1-4H2,(H,8,11)(H,9,10). The molecule has 0 aliphatic heterocycles. The molecule has 0 aromatic rings. The highest BCUT2D eigenvalue weighted by molar-refractivity contribution is 5.83. The Bertz CT molecular complexity index is 389. The largest absolute Gasteiger partial charge is 0.480 e. The van der Waals surface area contributed by atoms with Gasteiger partial charge >= 0.3 is 11.9 Å². The van der Waals surface area contributed by atoms with Crippen LogP contribution in [0.2, 0.25) is 0 Å². The van der Waals surface area contributed by atoms with Gasteiger partial charge in [0.05, 0.1) is 0 Å². The van der Waals surface area contributed by atoms with Crippen LogP contribution in [0.3, 0.4) is 0 Å². The van der Waals surface area contributed by atoms with E-state index in [9.17, 15) is 19.2 Å². The van der Waals surface area contributed by atoms with Gasteiger partial charge in [0.25, 0.3) is 0 Å². The molecule has 4 N–H and O–H groups in total. The highest BCUT2D eigenvalue weighted by Gasteiger charge is 2.25.